The highest BCUT2D eigenvalue weighted by molar-refractivity contribution is 5.73. The van der Waals surface area contributed by atoms with Crippen LogP contribution >= 0.6 is 0 Å². The van der Waals surface area contributed by atoms with Gasteiger partial charge in [-0.25, -0.2) is 0 Å². The number of hydrogen-bond acceptors (Lipinski definition) is 4. The van der Waals surface area contributed by atoms with Gasteiger partial charge in [0.1, 0.15) is 0 Å². The van der Waals surface area contributed by atoms with Crippen molar-refractivity contribution in [3.63, 3.8) is 0 Å². The van der Waals surface area contributed by atoms with Crippen LogP contribution in [0.5, 0.6) is 0 Å². The Balaban J connectivity index is 2.39. The molecule has 0 saturated heterocycles. The Hall–Kier alpha value is -1.84. The summed E-state index contributed by atoms with van der Waals surface area (Å²) in [5, 5.41) is 0. The van der Waals surface area contributed by atoms with Crippen molar-refractivity contribution in [1.82, 2.24) is 0 Å². The quantitative estimate of drug-likeness (QED) is 0.571. The monoisotopic (exact) mass is 221 g/mol. The summed E-state index contributed by atoms with van der Waals surface area (Å²) in [6.07, 6.45) is -0.694. The third-order valence-corrected chi connectivity index (χ3v) is 1.77. The zero-order chi connectivity index (χ0) is 12.0. The second-order valence-corrected chi connectivity index (χ2v) is 3.25. The SMILES string of the molecule is CC(=O)OC(C)OC(=O)Cc1cc[c]cc1. The summed E-state index contributed by atoms with van der Waals surface area (Å²) in [5.41, 5.74) is 0.832. The fraction of sp³-hybridized carbons (Fsp3) is 0.333. The molecule has 0 heterocycles. The molecule has 0 spiro atoms. The Kier molecular flexibility index (Phi) is 4.51. The van der Waals surface area contributed by atoms with Crippen molar-refractivity contribution < 1.29 is 19.1 Å². The second-order valence-electron chi connectivity index (χ2n) is 3.25. The normalized spacial score (nSPS) is 11.6. The third kappa shape index (κ3) is 4.59. The molecule has 0 amide bonds. The lowest BCUT2D eigenvalue weighted by Crippen LogP contribution is -2.21. The lowest BCUT2D eigenvalue weighted by molar-refractivity contribution is -0.182. The lowest BCUT2D eigenvalue weighted by Gasteiger charge is -2.12. The van der Waals surface area contributed by atoms with E-state index in [2.05, 4.69) is 10.8 Å². The van der Waals surface area contributed by atoms with Gasteiger partial charge in [-0.2, -0.15) is 0 Å². The van der Waals surface area contributed by atoms with Crippen LogP contribution < -0.4 is 0 Å². The van der Waals surface area contributed by atoms with Crippen LogP contribution in [0, 0.1) is 6.07 Å². The predicted molar refractivity (Wildman–Crippen MR) is 56.3 cm³/mol. The molecule has 16 heavy (non-hydrogen) atoms. The van der Waals surface area contributed by atoms with Crippen molar-refractivity contribution in [3.8, 4) is 0 Å². The van der Waals surface area contributed by atoms with E-state index < -0.39 is 18.2 Å². The fourth-order valence-electron chi connectivity index (χ4n) is 1.19. The largest absolute Gasteiger partial charge is 0.426 e. The van der Waals surface area contributed by atoms with Gasteiger partial charge in [-0.1, -0.05) is 24.3 Å². The minimum absolute atomic E-state index is 0.153. The molecular formula is C12H13O4. The van der Waals surface area contributed by atoms with Gasteiger partial charge in [-0.3, -0.25) is 9.59 Å². The van der Waals surface area contributed by atoms with Crippen LogP contribution in [0.2, 0.25) is 0 Å². The molecule has 1 radical (unpaired) electrons. The molecule has 4 nitrogen and oxygen atoms in total. The molecule has 1 rings (SSSR count). The minimum atomic E-state index is -0.847. The van der Waals surface area contributed by atoms with E-state index >= 15 is 0 Å². The van der Waals surface area contributed by atoms with Gasteiger partial charge >= 0.3 is 11.9 Å². The molecule has 0 aliphatic carbocycles. The minimum Gasteiger partial charge on any atom is -0.426 e. The maximum absolute atomic E-state index is 11.4. The number of ether oxygens (including phenoxy) is 2. The molecule has 0 N–H and O–H groups in total. The fourth-order valence-corrected chi connectivity index (χ4v) is 1.19. The van der Waals surface area contributed by atoms with Crippen molar-refractivity contribution in [2.45, 2.75) is 26.6 Å². The molecule has 1 atom stereocenters. The average molecular weight is 221 g/mol. The molecule has 0 aliphatic rings. The van der Waals surface area contributed by atoms with E-state index in [0.29, 0.717) is 0 Å². The number of rotatable bonds is 4. The average Bonchev–Trinajstić information content (AvgIpc) is 2.17. The Morgan fingerprint density at radius 2 is 1.94 bits per heavy atom. The van der Waals surface area contributed by atoms with Crippen molar-refractivity contribution >= 4 is 11.9 Å². The van der Waals surface area contributed by atoms with Gasteiger partial charge in [0.05, 0.1) is 6.42 Å². The van der Waals surface area contributed by atoms with Crippen molar-refractivity contribution in [3.05, 3.63) is 35.9 Å². The molecule has 85 valence electrons. The highest BCUT2D eigenvalue weighted by Crippen LogP contribution is 2.03. The highest BCUT2D eigenvalue weighted by Gasteiger charge is 2.11. The van der Waals surface area contributed by atoms with E-state index in [9.17, 15) is 9.59 Å². The molecular weight excluding hydrogens is 208 g/mol. The van der Waals surface area contributed by atoms with Gasteiger partial charge < -0.3 is 9.47 Å². The summed E-state index contributed by atoms with van der Waals surface area (Å²) in [7, 11) is 0. The Labute approximate surface area is 94.2 Å². The molecule has 1 aromatic rings. The number of carbonyl (C=O) groups excluding carboxylic acids is 2. The van der Waals surface area contributed by atoms with Crippen molar-refractivity contribution in [1.29, 1.82) is 0 Å². The van der Waals surface area contributed by atoms with Gasteiger partial charge in [0, 0.05) is 13.8 Å². The van der Waals surface area contributed by atoms with Crippen LogP contribution in [-0.2, 0) is 25.5 Å². The van der Waals surface area contributed by atoms with E-state index in [1.54, 1.807) is 24.3 Å². The van der Waals surface area contributed by atoms with E-state index in [0.717, 1.165) is 5.56 Å². The summed E-state index contributed by atoms with van der Waals surface area (Å²) in [4.78, 5) is 22.0. The summed E-state index contributed by atoms with van der Waals surface area (Å²) in [6.45, 7) is 2.76. The molecule has 1 unspecified atom stereocenters. The molecule has 0 bridgehead atoms. The molecule has 0 fully saturated rings. The maximum atomic E-state index is 11.4. The summed E-state index contributed by atoms with van der Waals surface area (Å²) < 4.78 is 9.54. The second kappa shape index (κ2) is 5.90. The van der Waals surface area contributed by atoms with Crippen molar-refractivity contribution in [2.75, 3.05) is 0 Å². The maximum Gasteiger partial charge on any atom is 0.313 e. The Morgan fingerprint density at radius 1 is 1.31 bits per heavy atom. The first kappa shape index (κ1) is 12.2. The number of esters is 2. The molecule has 0 aliphatic heterocycles. The molecule has 4 heteroatoms. The van der Waals surface area contributed by atoms with Gasteiger partial charge in [0.2, 0.25) is 6.29 Å². The van der Waals surface area contributed by atoms with E-state index in [1.165, 1.54) is 13.8 Å². The molecule has 1 aromatic carbocycles. The van der Waals surface area contributed by atoms with Crippen LogP contribution in [0.1, 0.15) is 19.4 Å². The molecule has 0 aromatic heterocycles. The van der Waals surface area contributed by atoms with Gasteiger partial charge in [0.25, 0.3) is 0 Å². The first-order valence-electron chi connectivity index (χ1n) is 4.89. The third-order valence-electron chi connectivity index (χ3n) is 1.77. The summed E-state index contributed by atoms with van der Waals surface area (Å²) in [5.74, 6) is -0.908. The van der Waals surface area contributed by atoms with E-state index in [1.807, 2.05) is 0 Å². The number of benzene rings is 1. The molecule has 0 saturated carbocycles. The Bertz CT molecular complexity index is 359. The number of carbonyl (C=O) groups is 2. The highest BCUT2D eigenvalue weighted by atomic mass is 16.7. The summed E-state index contributed by atoms with van der Waals surface area (Å²) >= 11 is 0. The van der Waals surface area contributed by atoms with Gasteiger partial charge in [-0.05, 0) is 11.6 Å². The van der Waals surface area contributed by atoms with Crippen molar-refractivity contribution in [2.24, 2.45) is 0 Å². The zero-order valence-corrected chi connectivity index (χ0v) is 9.23. The predicted octanol–water partition coefficient (Wildman–Crippen LogP) is 1.48. The first-order valence-corrected chi connectivity index (χ1v) is 4.89. The van der Waals surface area contributed by atoms with Gasteiger partial charge in [0.15, 0.2) is 0 Å². The van der Waals surface area contributed by atoms with E-state index in [-0.39, 0.29) is 6.42 Å². The van der Waals surface area contributed by atoms with E-state index in [4.69, 9.17) is 4.74 Å². The van der Waals surface area contributed by atoms with Crippen LogP contribution in [-0.4, -0.2) is 18.2 Å². The smallest absolute Gasteiger partial charge is 0.313 e. The number of hydrogen-bond donors (Lipinski definition) is 0. The lowest BCUT2D eigenvalue weighted by atomic mass is 10.2. The topological polar surface area (TPSA) is 52.6 Å². The van der Waals surface area contributed by atoms with Crippen LogP contribution in [0.3, 0.4) is 0 Å². The zero-order valence-electron chi connectivity index (χ0n) is 9.23. The summed E-state index contributed by atoms with van der Waals surface area (Å²) in [6, 6.07) is 9.84. The van der Waals surface area contributed by atoms with Crippen LogP contribution in [0.15, 0.2) is 24.3 Å². The standard InChI is InChI=1S/C12H13O4/c1-9(13)15-10(2)16-12(14)8-11-6-4-3-5-7-11/h4-7,10H,8H2,1-2H3. The van der Waals surface area contributed by atoms with Crippen LogP contribution in [0.25, 0.3) is 0 Å². The first-order chi connectivity index (χ1) is 7.58. The van der Waals surface area contributed by atoms with Gasteiger partial charge in [-0.15, -0.1) is 0 Å². The Morgan fingerprint density at radius 3 is 2.50 bits per heavy atom. The van der Waals surface area contributed by atoms with Crippen LogP contribution in [0.4, 0.5) is 0 Å².